The van der Waals surface area contributed by atoms with Crippen molar-refractivity contribution in [1.29, 1.82) is 0 Å². The van der Waals surface area contributed by atoms with Gasteiger partial charge in [0.15, 0.2) is 18.3 Å². The summed E-state index contributed by atoms with van der Waals surface area (Å²) in [5, 5.41) is 2.66. The number of nitrogens with one attached hydrogen (secondary N) is 1. The number of ether oxygens (including phenoxy) is 5. The molecule has 0 fully saturated rings. The molecule has 0 aromatic carbocycles. The third kappa shape index (κ3) is 19.8. The van der Waals surface area contributed by atoms with Gasteiger partial charge in [-0.3, -0.25) is 28.8 Å². The summed E-state index contributed by atoms with van der Waals surface area (Å²) in [6.45, 7) is 4.97. The Hall–Kier alpha value is -2.83. The number of rotatable bonds is 22. The number of esters is 5. The van der Waals surface area contributed by atoms with Crippen LogP contribution in [-0.2, 0) is 52.5 Å². The highest BCUT2D eigenvalue weighted by molar-refractivity contribution is 7.80. The quantitative estimate of drug-likeness (QED) is 0.0807. The Morgan fingerprint density at radius 1 is 0.561 bits per heavy atom. The van der Waals surface area contributed by atoms with Crippen LogP contribution in [0.25, 0.3) is 0 Å². The number of carbonyl (C=O) groups is 6. The van der Waals surface area contributed by atoms with Gasteiger partial charge in [0.25, 0.3) is 5.91 Å². The molecule has 12 nitrogen and oxygen atoms in total. The van der Waals surface area contributed by atoms with Gasteiger partial charge >= 0.3 is 29.8 Å². The summed E-state index contributed by atoms with van der Waals surface area (Å²) in [6, 6.07) is 0. The van der Waals surface area contributed by atoms with Crippen LogP contribution in [-0.4, -0.2) is 79.1 Å². The van der Waals surface area contributed by atoms with Crippen molar-refractivity contribution >= 4 is 48.4 Å². The second kappa shape index (κ2) is 22.8. The molecule has 0 aromatic rings. The van der Waals surface area contributed by atoms with Gasteiger partial charge in [-0.1, -0.05) is 51.4 Å². The molecule has 0 saturated heterocycles. The molecule has 0 aliphatic heterocycles. The van der Waals surface area contributed by atoms with Crippen LogP contribution in [0.1, 0.15) is 98.8 Å². The van der Waals surface area contributed by atoms with Gasteiger partial charge in [-0.15, -0.1) is 0 Å². The van der Waals surface area contributed by atoms with E-state index in [1.165, 1.54) is 25.7 Å². The van der Waals surface area contributed by atoms with Gasteiger partial charge in [0.2, 0.25) is 6.10 Å². The van der Waals surface area contributed by atoms with Crippen molar-refractivity contribution < 1.29 is 52.5 Å². The highest BCUT2D eigenvalue weighted by Gasteiger charge is 2.46. The Morgan fingerprint density at radius 3 is 1.44 bits per heavy atom. The van der Waals surface area contributed by atoms with Crippen molar-refractivity contribution in [2.45, 2.75) is 123 Å². The molecule has 41 heavy (non-hydrogen) atoms. The molecular weight excluding hydrogens is 558 g/mol. The van der Waals surface area contributed by atoms with Gasteiger partial charge in [0, 0.05) is 41.2 Å². The monoisotopic (exact) mass is 605 g/mol. The molecule has 1 N–H and O–H groups in total. The number of carbonyl (C=O) groups excluding carboxylic acids is 6. The van der Waals surface area contributed by atoms with Gasteiger partial charge in [-0.2, -0.15) is 12.6 Å². The Kier molecular flexibility index (Phi) is 21.2. The highest BCUT2D eigenvalue weighted by atomic mass is 32.1. The standard InChI is InChI=1S/C28H47NO11S/c1-19(30)36-18-24(37-20(2)31)25(38-21(3)32)26(39-22(4)33)27(40-23(5)34)28(35)29-16-14-12-10-8-6-7-9-11-13-15-17-41/h24-27,41H,6-18H2,1-5H3,(H,29,35)/t24-,25-,26+,27-/m1/s1. The SMILES string of the molecule is CC(=O)OC[C@@H](OC(C)=O)[C@@H](OC(C)=O)[C@H](OC(C)=O)[C@@H](OC(C)=O)C(=O)NCCCCCCCCCCCCS. The third-order valence-electron chi connectivity index (χ3n) is 5.80. The number of hydrogen-bond donors (Lipinski definition) is 2. The van der Waals surface area contributed by atoms with E-state index in [9.17, 15) is 28.8 Å². The molecular formula is C28H47NO11S. The number of amides is 1. The van der Waals surface area contributed by atoms with Crippen molar-refractivity contribution in [2.24, 2.45) is 0 Å². The lowest BCUT2D eigenvalue weighted by Crippen LogP contribution is -2.57. The first-order chi connectivity index (χ1) is 19.4. The highest BCUT2D eigenvalue weighted by Crippen LogP contribution is 2.21. The van der Waals surface area contributed by atoms with E-state index in [4.69, 9.17) is 23.7 Å². The van der Waals surface area contributed by atoms with Crippen LogP contribution in [0.2, 0.25) is 0 Å². The fourth-order valence-corrected chi connectivity index (χ4v) is 4.28. The Bertz CT molecular complexity index is 836. The molecule has 0 heterocycles. The predicted octanol–water partition coefficient (Wildman–Crippen LogP) is 3.22. The minimum Gasteiger partial charge on any atom is -0.462 e. The molecule has 0 bridgehead atoms. The largest absolute Gasteiger partial charge is 0.462 e. The second-order valence-electron chi connectivity index (χ2n) is 9.68. The van der Waals surface area contributed by atoms with Crippen molar-refractivity contribution in [2.75, 3.05) is 18.9 Å². The fraction of sp³-hybridized carbons (Fsp3) is 0.786. The molecule has 0 unspecified atom stereocenters. The summed E-state index contributed by atoms with van der Waals surface area (Å²) in [4.78, 5) is 72.3. The topological polar surface area (TPSA) is 161 Å². The average Bonchev–Trinajstić information content (AvgIpc) is 2.87. The van der Waals surface area contributed by atoms with Crippen molar-refractivity contribution in [3.05, 3.63) is 0 Å². The van der Waals surface area contributed by atoms with Crippen LogP contribution in [0.15, 0.2) is 0 Å². The fourth-order valence-electron chi connectivity index (χ4n) is 4.06. The summed E-state index contributed by atoms with van der Waals surface area (Å²) in [5.74, 6) is -4.09. The van der Waals surface area contributed by atoms with Crippen LogP contribution in [0, 0.1) is 0 Å². The lowest BCUT2D eigenvalue weighted by atomic mass is 10.0. The zero-order chi connectivity index (χ0) is 31.2. The predicted molar refractivity (Wildman–Crippen MR) is 152 cm³/mol. The van der Waals surface area contributed by atoms with E-state index in [2.05, 4.69) is 17.9 Å². The van der Waals surface area contributed by atoms with Gasteiger partial charge < -0.3 is 29.0 Å². The minimum absolute atomic E-state index is 0.256. The first-order valence-electron chi connectivity index (χ1n) is 14.1. The van der Waals surface area contributed by atoms with Gasteiger partial charge in [0.05, 0.1) is 0 Å². The molecule has 0 aromatic heterocycles. The zero-order valence-electron chi connectivity index (χ0n) is 24.9. The van der Waals surface area contributed by atoms with Gasteiger partial charge in [0.1, 0.15) is 6.61 Å². The minimum atomic E-state index is -1.77. The van der Waals surface area contributed by atoms with E-state index in [0.29, 0.717) is 6.42 Å². The van der Waals surface area contributed by atoms with E-state index < -0.39 is 66.8 Å². The summed E-state index contributed by atoms with van der Waals surface area (Å²) in [5.41, 5.74) is 0. The molecule has 1 amide bonds. The van der Waals surface area contributed by atoms with E-state index in [0.717, 1.165) is 72.5 Å². The number of thiol groups is 1. The smallest absolute Gasteiger partial charge is 0.303 e. The first kappa shape index (κ1) is 38.2. The maximum Gasteiger partial charge on any atom is 0.303 e. The van der Waals surface area contributed by atoms with Crippen LogP contribution < -0.4 is 5.32 Å². The number of unbranched alkanes of at least 4 members (excludes halogenated alkanes) is 9. The first-order valence-corrected chi connectivity index (χ1v) is 14.7. The van der Waals surface area contributed by atoms with Gasteiger partial charge in [-0.25, -0.2) is 0 Å². The van der Waals surface area contributed by atoms with Crippen LogP contribution in [0.4, 0.5) is 0 Å². The molecule has 0 aliphatic carbocycles. The van der Waals surface area contributed by atoms with Crippen LogP contribution >= 0.6 is 12.6 Å². The third-order valence-corrected chi connectivity index (χ3v) is 6.11. The molecule has 0 spiro atoms. The molecule has 0 radical (unpaired) electrons. The van der Waals surface area contributed by atoms with Crippen molar-refractivity contribution in [3.8, 4) is 0 Å². The summed E-state index contributed by atoms with van der Waals surface area (Å²) in [6.07, 6.45) is 4.16. The van der Waals surface area contributed by atoms with Crippen LogP contribution in [0.5, 0.6) is 0 Å². The normalized spacial score (nSPS) is 13.6. The molecule has 0 saturated carbocycles. The van der Waals surface area contributed by atoms with E-state index in [1.807, 2.05) is 0 Å². The molecule has 236 valence electrons. The lowest BCUT2D eigenvalue weighted by Gasteiger charge is -2.34. The summed E-state index contributed by atoms with van der Waals surface area (Å²) < 4.78 is 25.9. The molecule has 0 aliphatic rings. The Balaban J connectivity index is 5.44. The maximum absolute atomic E-state index is 13.2. The van der Waals surface area contributed by atoms with Crippen molar-refractivity contribution in [3.63, 3.8) is 0 Å². The summed E-state index contributed by atoms with van der Waals surface area (Å²) >= 11 is 4.22. The lowest BCUT2D eigenvalue weighted by molar-refractivity contribution is -0.203. The molecule has 13 heteroatoms. The average molecular weight is 606 g/mol. The maximum atomic E-state index is 13.2. The molecule has 4 atom stereocenters. The second-order valence-corrected chi connectivity index (χ2v) is 10.1. The summed E-state index contributed by atoms with van der Waals surface area (Å²) in [7, 11) is 0. The van der Waals surface area contributed by atoms with E-state index >= 15 is 0 Å². The molecule has 0 rings (SSSR count). The van der Waals surface area contributed by atoms with E-state index in [1.54, 1.807) is 0 Å². The Morgan fingerprint density at radius 2 is 1.00 bits per heavy atom. The Labute approximate surface area is 248 Å². The zero-order valence-corrected chi connectivity index (χ0v) is 25.8. The number of hydrogen-bond acceptors (Lipinski definition) is 12. The van der Waals surface area contributed by atoms with Crippen LogP contribution in [0.3, 0.4) is 0 Å². The van der Waals surface area contributed by atoms with E-state index in [-0.39, 0.29) is 6.54 Å². The van der Waals surface area contributed by atoms with Gasteiger partial charge in [-0.05, 0) is 18.6 Å². The van der Waals surface area contributed by atoms with Crippen molar-refractivity contribution in [1.82, 2.24) is 5.32 Å².